The molecule has 6 heteroatoms. The average molecular weight is 384 g/mol. The molecule has 1 aliphatic heterocycles. The molecule has 0 unspecified atom stereocenters. The molecule has 1 aliphatic rings. The monoisotopic (exact) mass is 384 g/mol. The molecule has 0 atom stereocenters. The van der Waals surface area contributed by atoms with Crippen LogP contribution in [0.3, 0.4) is 0 Å². The first-order valence-electron chi connectivity index (χ1n) is 10.0. The Balaban J connectivity index is 1.27. The van der Waals surface area contributed by atoms with Crippen molar-refractivity contribution in [3.05, 3.63) is 78.4 Å². The highest BCUT2D eigenvalue weighted by atomic mass is 15.3. The van der Waals surface area contributed by atoms with Gasteiger partial charge in [-0.2, -0.15) is 5.10 Å². The number of rotatable bonds is 4. The summed E-state index contributed by atoms with van der Waals surface area (Å²) in [5.41, 5.74) is 5.54. The van der Waals surface area contributed by atoms with Gasteiger partial charge in [0.2, 0.25) is 0 Å². The summed E-state index contributed by atoms with van der Waals surface area (Å²) in [7, 11) is 0. The number of pyridine rings is 1. The van der Waals surface area contributed by atoms with Crippen LogP contribution >= 0.6 is 0 Å². The molecule has 146 valence electrons. The zero-order valence-corrected chi connectivity index (χ0v) is 16.6. The van der Waals surface area contributed by atoms with Crippen molar-refractivity contribution in [1.82, 2.24) is 24.5 Å². The molecule has 3 aromatic heterocycles. The molecule has 0 amide bonds. The third-order valence-electron chi connectivity index (χ3n) is 5.50. The number of hydrogen-bond acceptors (Lipinski definition) is 5. The second-order valence-electron chi connectivity index (χ2n) is 7.61. The highest BCUT2D eigenvalue weighted by Crippen LogP contribution is 2.23. The van der Waals surface area contributed by atoms with E-state index in [0.29, 0.717) is 0 Å². The fraction of sp³-hybridized carbons (Fsp3) is 0.261. The van der Waals surface area contributed by atoms with E-state index in [1.807, 2.05) is 47.4 Å². The van der Waals surface area contributed by atoms with Crippen molar-refractivity contribution < 1.29 is 0 Å². The van der Waals surface area contributed by atoms with Gasteiger partial charge < -0.3 is 4.90 Å². The Kier molecular flexibility index (Phi) is 4.69. The number of benzene rings is 1. The summed E-state index contributed by atoms with van der Waals surface area (Å²) >= 11 is 0. The Morgan fingerprint density at radius 3 is 2.55 bits per heavy atom. The van der Waals surface area contributed by atoms with Crippen LogP contribution in [0.15, 0.2) is 67.3 Å². The average Bonchev–Trinajstić information content (AvgIpc) is 3.18. The molecular weight excluding hydrogens is 360 g/mol. The van der Waals surface area contributed by atoms with Crippen LogP contribution in [-0.4, -0.2) is 50.7 Å². The standard InChI is InChI=1S/C23H24N6/c1-18-7-8-24-22(13-18)28-11-9-27(10-12-28)16-19-14-25-23-21(15-26-29(23)17-19)20-5-3-2-4-6-20/h2-8,13-15,17H,9-12,16H2,1H3. The summed E-state index contributed by atoms with van der Waals surface area (Å²) < 4.78 is 1.89. The Morgan fingerprint density at radius 2 is 1.76 bits per heavy atom. The molecule has 0 bridgehead atoms. The van der Waals surface area contributed by atoms with E-state index >= 15 is 0 Å². The molecule has 5 rings (SSSR count). The van der Waals surface area contributed by atoms with Crippen LogP contribution in [0.5, 0.6) is 0 Å². The van der Waals surface area contributed by atoms with E-state index in [9.17, 15) is 0 Å². The van der Waals surface area contributed by atoms with Crippen molar-refractivity contribution >= 4 is 11.5 Å². The van der Waals surface area contributed by atoms with Gasteiger partial charge in [-0.15, -0.1) is 0 Å². The smallest absolute Gasteiger partial charge is 0.162 e. The molecule has 0 N–H and O–H groups in total. The van der Waals surface area contributed by atoms with E-state index in [2.05, 4.69) is 51.2 Å². The predicted molar refractivity (Wildman–Crippen MR) is 115 cm³/mol. The summed E-state index contributed by atoms with van der Waals surface area (Å²) in [4.78, 5) is 14.1. The molecule has 0 saturated carbocycles. The summed E-state index contributed by atoms with van der Waals surface area (Å²) in [6.45, 7) is 7.02. The molecule has 0 spiro atoms. The molecule has 1 fully saturated rings. The first kappa shape index (κ1) is 17.8. The van der Waals surface area contributed by atoms with Crippen LogP contribution in [0.25, 0.3) is 16.8 Å². The fourth-order valence-electron chi connectivity index (χ4n) is 3.90. The quantitative estimate of drug-likeness (QED) is 0.540. The van der Waals surface area contributed by atoms with Crippen molar-refractivity contribution in [2.45, 2.75) is 13.5 Å². The number of hydrogen-bond donors (Lipinski definition) is 0. The molecule has 1 saturated heterocycles. The van der Waals surface area contributed by atoms with Crippen molar-refractivity contribution in [1.29, 1.82) is 0 Å². The maximum absolute atomic E-state index is 4.71. The third kappa shape index (κ3) is 3.71. The van der Waals surface area contributed by atoms with Crippen LogP contribution in [0, 0.1) is 6.92 Å². The van der Waals surface area contributed by atoms with Crippen LogP contribution in [0.2, 0.25) is 0 Å². The lowest BCUT2D eigenvalue weighted by molar-refractivity contribution is 0.248. The van der Waals surface area contributed by atoms with Crippen molar-refractivity contribution in [2.75, 3.05) is 31.1 Å². The number of aryl methyl sites for hydroxylation is 1. The largest absolute Gasteiger partial charge is 0.354 e. The number of aromatic nitrogens is 4. The lowest BCUT2D eigenvalue weighted by Gasteiger charge is -2.35. The van der Waals surface area contributed by atoms with E-state index in [1.165, 1.54) is 11.1 Å². The van der Waals surface area contributed by atoms with Crippen molar-refractivity contribution in [3.8, 4) is 11.1 Å². The minimum absolute atomic E-state index is 0.887. The predicted octanol–water partition coefficient (Wildman–Crippen LogP) is 3.42. The van der Waals surface area contributed by atoms with Crippen LogP contribution in [0.4, 0.5) is 5.82 Å². The highest BCUT2D eigenvalue weighted by molar-refractivity contribution is 5.76. The molecule has 0 aliphatic carbocycles. The van der Waals surface area contributed by atoms with Gasteiger partial charge >= 0.3 is 0 Å². The number of piperazine rings is 1. The topological polar surface area (TPSA) is 49.6 Å². The zero-order valence-electron chi connectivity index (χ0n) is 16.6. The normalized spacial score (nSPS) is 15.1. The van der Waals surface area contributed by atoms with Crippen LogP contribution in [0.1, 0.15) is 11.1 Å². The summed E-state index contributed by atoms with van der Waals surface area (Å²) in [6, 6.07) is 14.5. The highest BCUT2D eigenvalue weighted by Gasteiger charge is 2.18. The Labute approximate surface area is 170 Å². The SMILES string of the molecule is Cc1ccnc(N2CCN(Cc3cnc4c(-c5ccccc5)cnn4c3)CC2)c1. The summed E-state index contributed by atoms with van der Waals surface area (Å²) in [6.07, 6.45) is 7.88. The van der Waals surface area contributed by atoms with Gasteiger partial charge in [-0.05, 0) is 30.2 Å². The Hall–Kier alpha value is -3.25. The molecule has 4 heterocycles. The van der Waals surface area contributed by atoms with Gasteiger partial charge in [-0.3, -0.25) is 4.90 Å². The van der Waals surface area contributed by atoms with E-state index in [1.54, 1.807) is 0 Å². The van der Waals surface area contributed by atoms with E-state index in [0.717, 1.165) is 55.3 Å². The van der Waals surface area contributed by atoms with Gasteiger partial charge in [-0.25, -0.2) is 14.5 Å². The minimum Gasteiger partial charge on any atom is -0.354 e. The first-order valence-corrected chi connectivity index (χ1v) is 10.0. The van der Waals surface area contributed by atoms with Gasteiger partial charge in [0, 0.05) is 62.4 Å². The third-order valence-corrected chi connectivity index (χ3v) is 5.50. The lowest BCUT2D eigenvalue weighted by atomic mass is 10.1. The second-order valence-corrected chi connectivity index (χ2v) is 7.61. The fourth-order valence-corrected chi connectivity index (χ4v) is 3.90. The molecule has 4 aromatic rings. The van der Waals surface area contributed by atoms with Crippen molar-refractivity contribution in [3.63, 3.8) is 0 Å². The first-order chi connectivity index (χ1) is 14.3. The van der Waals surface area contributed by atoms with Gasteiger partial charge in [-0.1, -0.05) is 30.3 Å². The van der Waals surface area contributed by atoms with Crippen LogP contribution in [-0.2, 0) is 6.54 Å². The van der Waals surface area contributed by atoms with Gasteiger partial charge in [0.1, 0.15) is 5.82 Å². The molecule has 0 radical (unpaired) electrons. The zero-order chi connectivity index (χ0) is 19.6. The number of anilines is 1. The minimum atomic E-state index is 0.887. The molecular formula is C23H24N6. The molecule has 1 aromatic carbocycles. The summed E-state index contributed by atoms with van der Waals surface area (Å²) in [5.74, 6) is 1.08. The number of nitrogens with zero attached hydrogens (tertiary/aromatic N) is 6. The Morgan fingerprint density at radius 1 is 0.931 bits per heavy atom. The maximum Gasteiger partial charge on any atom is 0.162 e. The Bertz CT molecular complexity index is 1110. The number of fused-ring (bicyclic) bond motifs is 1. The second kappa shape index (κ2) is 7.64. The lowest BCUT2D eigenvalue weighted by Crippen LogP contribution is -2.46. The van der Waals surface area contributed by atoms with Crippen LogP contribution < -0.4 is 4.90 Å². The van der Waals surface area contributed by atoms with Gasteiger partial charge in [0.25, 0.3) is 0 Å². The van der Waals surface area contributed by atoms with Gasteiger partial charge in [0.15, 0.2) is 5.65 Å². The maximum atomic E-state index is 4.71. The molecule has 29 heavy (non-hydrogen) atoms. The molecule has 6 nitrogen and oxygen atoms in total. The summed E-state index contributed by atoms with van der Waals surface area (Å²) in [5, 5.41) is 4.53. The van der Waals surface area contributed by atoms with Gasteiger partial charge in [0.05, 0.1) is 6.20 Å². The van der Waals surface area contributed by atoms with E-state index in [4.69, 9.17) is 4.98 Å². The van der Waals surface area contributed by atoms with E-state index < -0.39 is 0 Å². The van der Waals surface area contributed by atoms with E-state index in [-0.39, 0.29) is 0 Å². The van der Waals surface area contributed by atoms with Crippen molar-refractivity contribution in [2.24, 2.45) is 0 Å².